The highest BCUT2D eigenvalue weighted by Gasteiger charge is 2.28. The van der Waals surface area contributed by atoms with Crippen molar-refractivity contribution in [2.45, 2.75) is 52.3 Å². The molecular weight excluding hydrogens is 435 g/mol. The minimum Gasteiger partial charge on any atom is -0.343 e. The number of aryl methyl sites for hydroxylation is 1. The van der Waals surface area contributed by atoms with Gasteiger partial charge >= 0.3 is 6.18 Å². The quantitative estimate of drug-likeness (QED) is 0.596. The van der Waals surface area contributed by atoms with Crippen molar-refractivity contribution in [1.82, 2.24) is 10.6 Å². The summed E-state index contributed by atoms with van der Waals surface area (Å²) in [4.78, 5) is 37.1. The second kappa shape index (κ2) is 10.1. The lowest BCUT2D eigenvalue weighted by Crippen LogP contribution is -2.41. The van der Waals surface area contributed by atoms with Gasteiger partial charge in [-0.15, -0.1) is 0 Å². The van der Waals surface area contributed by atoms with E-state index in [1.165, 1.54) is 25.1 Å². The van der Waals surface area contributed by atoms with Crippen molar-refractivity contribution in [1.29, 1.82) is 0 Å². The molecule has 0 aromatic heterocycles. The first-order chi connectivity index (χ1) is 15.2. The lowest BCUT2D eigenvalue weighted by molar-refractivity contribution is -0.123. The third-order valence-electron chi connectivity index (χ3n) is 4.96. The van der Waals surface area contributed by atoms with Gasteiger partial charge in [-0.25, -0.2) is 0 Å². The van der Waals surface area contributed by atoms with Gasteiger partial charge in [0.1, 0.15) is 12.6 Å². The lowest BCUT2D eigenvalue weighted by atomic mass is 9.86. The van der Waals surface area contributed by atoms with E-state index >= 15 is 0 Å². The first-order valence-electron chi connectivity index (χ1n) is 10.4. The fraction of sp³-hybridized carbons (Fsp3) is 0.375. The molecule has 3 N–H and O–H groups in total. The SMILES string of the molecule is Cc1ccc(C(=O)NCC(F)(F)F)cc1NC(=O)C(C)NC(=O)c1ccc(C(C)(C)C)cc1. The fourth-order valence-corrected chi connectivity index (χ4v) is 2.89. The molecule has 0 spiro atoms. The predicted molar refractivity (Wildman–Crippen MR) is 120 cm³/mol. The summed E-state index contributed by atoms with van der Waals surface area (Å²) >= 11 is 0. The first kappa shape index (κ1) is 25.9. The second-order valence-corrected chi connectivity index (χ2v) is 8.84. The number of carbonyl (C=O) groups is 3. The van der Waals surface area contributed by atoms with Crippen molar-refractivity contribution in [3.63, 3.8) is 0 Å². The molecule has 1 atom stereocenters. The van der Waals surface area contributed by atoms with Crippen LogP contribution in [0.3, 0.4) is 0 Å². The molecule has 0 aliphatic heterocycles. The Hall–Kier alpha value is -3.36. The van der Waals surface area contributed by atoms with Crippen LogP contribution < -0.4 is 16.0 Å². The van der Waals surface area contributed by atoms with Crippen molar-refractivity contribution in [2.75, 3.05) is 11.9 Å². The number of carbonyl (C=O) groups excluding carboxylic acids is 3. The molecule has 6 nitrogen and oxygen atoms in total. The molecule has 2 aromatic rings. The molecule has 3 amide bonds. The zero-order valence-corrected chi connectivity index (χ0v) is 19.2. The van der Waals surface area contributed by atoms with Crippen LogP contribution in [-0.4, -0.2) is 36.5 Å². The summed E-state index contributed by atoms with van der Waals surface area (Å²) in [5, 5.41) is 7.01. The third-order valence-corrected chi connectivity index (χ3v) is 4.96. The number of rotatable bonds is 6. The molecular formula is C24H28F3N3O3. The van der Waals surface area contributed by atoms with Gasteiger partial charge < -0.3 is 16.0 Å². The Morgan fingerprint density at radius 1 is 0.909 bits per heavy atom. The van der Waals surface area contributed by atoms with E-state index in [9.17, 15) is 27.6 Å². The predicted octanol–water partition coefficient (Wildman–Crippen LogP) is 4.34. The molecule has 0 aliphatic carbocycles. The average molecular weight is 464 g/mol. The van der Waals surface area contributed by atoms with Gasteiger partial charge in [-0.3, -0.25) is 14.4 Å². The molecule has 0 fully saturated rings. The molecule has 2 aromatic carbocycles. The monoisotopic (exact) mass is 463 g/mol. The maximum atomic E-state index is 12.6. The number of hydrogen-bond donors (Lipinski definition) is 3. The number of anilines is 1. The summed E-state index contributed by atoms with van der Waals surface area (Å²) in [5.74, 6) is -1.87. The number of hydrogen-bond acceptors (Lipinski definition) is 3. The molecule has 0 aliphatic rings. The Morgan fingerprint density at radius 3 is 2.03 bits per heavy atom. The van der Waals surface area contributed by atoms with Crippen LogP contribution in [0, 0.1) is 6.92 Å². The van der Waals surface area contributed by atoms with Crippen LogP contribution in [-0.2, 0) is 10.2 Å². The normalized spacial score (nSPS) is 12.6. The smallest absolute Gasteiger partial charge is 0.343 e. The summed E-state index contributed by atoms with van der Waals surface area (Å²) in [6.07, 6.45) is -4.53. The molecule has 178 valence electrons. The highest BCUT2D eigenvalue weighted by Crippen LogP contribution is 2.22. The molecule has 0 saturated heterocycles. The largest absolute Gasteiger partial charge is 0.405 e. The molecule has 0 heterocycles. The molecule has 9 heteroatoms. The lowest BCUT2D eigenvalue weighted by Gasteiger charge is -2.19. The van der Waals surface area contributed by atoms with E-state index in [1.54, 1.807) is 24.4 Å². The van der Waals surface area contributed by atoms with Gasteiger partial charge in [-0.2, -0.15) is 13.2 Å². The van der Waals surface area contributed by atoms with Crippen LogP contribution in [0.15, 0.2) is 42.5 Å². The summed E-state index contributed by atoms with van der Waals surface area (Å²) in [7, 11) is 0. The minimum absolute atomic E-state index is 0.0317. The maximum absolute atomic E-state index is 12.6. The van der Waals surface area contributed by atoms with E-state index in [0.29, 0.717) is 11.1 Å². The van der Waals surface area contributed by atoms with Crippen LogP contribution in [0.4, 0.5) is 18.9 Å². The van der Waals surface area contributed by atoms with Gasteiger partial charge in [0, 0.05) is 16.8 Å². The van der Waals surface area contributed by atoms with Gasteiger partial charge in [-0.05, 0) is 54.7 Å². The highest BCUT2D eigenvalue weighted by molar-refractivity contribution is 6.02. The average Bonchev–Trinajstić information content (AvgIpc) is 2.72. The van der Waals surface area contributed by atoms with Gasteiger partial charge in [0.15, 0.2) is 0 Å². The number of halogens is 3. The van der Waals surface area contributed by atoms with Crippen molar-refractivity contribution in [3.8, 4) is 0 Å². The number of benzene rings is 2. The van der Waals surface area contributed by atoms with Gasteiger partial charge in [0.05, 0.1) is 0 Å². The van der Waals surface area contributed by atoms with Crippen molar-refractivity contribution in [3.05, 3.63) is 64.7 Å². The zero-order valence-electron chi connectivity index (χ0n) is 19.2. The van der Waals surface area contributed by atoms with Gasteiger partial charge in [0.25, 0.3) is 11.8 Å². The van der Waals surface area contributed by atoms with E-state index in [-0.39, 0.29) is 16.7 Å². The van der Waals surface area contributed by atoms with E-state index in [2.05, 4.69) is 31.4 Å². The molecule has 0 bridgehead atoms. The Bertz CT molecular complexity index is 1030. The van der Waals surface area contributed by atoms with Crippen molar-refractivity contribution >= 4 is 23.4 Å². The van der Waals surface area contributed by atoms with Crippen LogP contribution in [0.25, 0.3) is 0 Å². The Balaban J connectivity index is 2.03. The Morgan fingerprint density at radius 2 is 1.48 bits per heavy atom. The number of nitrogens with one attached hydrogen (secondary N) is 3. The molecule has 2 rings (SSSR count). The Kier molecular flexibility index (Phi) is 7.89. The molecule has 0 saturated carbocycles. The van der Waals surface area contributed by atoms with E-state index < -0.39 is 36.5 Å². The van der Waals surface area contributed by atoms with Crippen LogP contribution >= 0.6 is 0 Å². The van der Waals surface area contributed by atoms with Crippen LogP contribution in [0.2, 0.25) is 0 Å². The standard InChI is InChI=1S/C24H28F3N3O3/c1-14-6-7-17(21(32)28-13-24(25,26)27)12-19(14)30-20(31)15(2)29-22(33)16-8-10-18(11-9-16)23(3,4)5/h6-12,15H,13H2,1-5H3,(H,28,32)(H,29,33)(H,30,31). The zero-order chi connectivity index (χ0) is 25.0. The summed E-state index contributed by atoms with van der Waals surface area (Å²) in [6, 6.07) is 10.4. The van der Waals surface area contributed by atoms with Crippen LogP contribution in [0.1, 0.15) is 59.5 Å². The molecule has 0 radical (unpaired) electrons. The fourth-order valence-electron chi connectivity index (χ4n) is 2.89. The molecule has 1 unspecified atom stereocenters. The topological polar surface area (TPSA) is 87.3 Å². The summed E-state index contributed by atoms with van der Waals surface area (Å²) in [6.45, 7) is 7.91. The van der Waals surface area contributed by atoms with Crippen molar-refractivity contribution in [2.24, 2.45) is 0 Å². The first-order valence-corrected chi connectivity index (χ1v) is 10.4. The number of amides is 3. The van der Waals surface area contributed by atoms with Crippen molar-refractivity contribution < 1.29 is 27.6 Å². The van der Waals surface area contributed by atoms with E-state index in [4.69, 9.17) is 0 Å². The van der Waals surface area contributed by atoms with Crippen LogP contribution in [0.5, 0.6) is 0 Å². The summed E-state index contributed by atoms with van der Waals surface area (Å²) in [5.41, 5.74) is 2.25. The van der Waals surface area contributed by atoms with Gasteiger partial charge in [-0.1, -0.05) is 39.0 Å². The third kappa shape index (κ3) is 7.62. The second-order valence-electron chi connectivity index (χ2n) is 8.84. The number of alkyl halides is 3. The van der Waals surface area contributed by atoms with Gasteiger partial charge in [0.2, 0.25) is 5.91 Å². The Labute approximate surface area is 190 Å². The maximum Gasteiger partial charge on any atom is 0.405 e. The minimum atomic E-state index is -4.53. The van der Waals surface area contributed by atoms with E-state index in [0.717, 1.165) is 5.56 Å². The molecule has 33 heavy (non-hydrogen) atoms. The highest BCUT2D eigenvalue weighted by atomic mass is 19.4. The summed E-state index contributed by atoms with van der Waals surface area (Å²) < 4.78 is 37.0. The van der Waals surface area contributed by atoms with E-state index in [1.807, 2.05) is 12.1 Å².